The largest absolute Gasteiger partial charge is 0.316 e. The van der Waals surface area contributed by atoms with E-state index < -0.39 is 0 Å². The topological polar surface area (TPSA) is 15.3 Å². The SMILES string of the molecule is CNC1CCN(Cc2ccc(C)s2)C1.Cl. The molecule has 2 rings (SSSR count). The molecule has 0 amide bonds. The van der Waals surface area contributed by atoms with Crippen molar-refractivity contribution in [1.29, 1.82) is 0 Å². The van der Waals surface area contributed by atoms with E-state index in [1.54, 1.807) is 0 Å². The Morgan fingerprint density at radius 1 is 1.53 bits per heavy atom. The van der Waals surface area contributed by atoms with Crippen LogP contribution in [0.1, 0.15) is 16.2 Å². The normalized spacial score (nSPS) is 21.6. The van der Waals surface area contributed by atoms with Gasteiger partial charge in [0, 0.05) is 35.4 Å². The van der Waals surface area contributed by atoms with Crippen LogP contribution in [-0.2, 0) is 6.54 Å². The van der Waals surface area contributed by atoms with E-state index in [-0.39, 0.29) is 12.4 Å². The highest BCUT2D eigenvalue weighted by Crippen LogP contribution is 2.19. The molecule has 1 unspecified atom stereocenters. The van der Waals surface area contributed by atoms with Crippen LogP contribution in [0, 0.1) is 6.92 Å². The number of nitrogens with one attached hydrogen (secondary N) is 1. The Hall–Kier alpha value is -0.0900. The zero-order valence-corrected chi connectivity index (χ0v) is 11.0. The molecule has 0 bridgehead atoms. The summed E-state index contributed by atoms with van der Waals surface area (Å²) in [6.45, 7) is 5.75. The molecule has 15 heavy (non-hydrogen) atoms. The molecule has 1 N–H and O–H groups in total. The number of aryl methyl sites for hydroxylation is 1. The third kappa shape index (κ3) is 3.45. The van der Waals surface area contributed by atoms with E-state index >= 15 is 0 Å². The number of rotatable bonds is 3. The zero-order valence-electron chi connectivity index (χ0n) is 9.32. The van der Waals surface area contributed by atoms with Gasteiger partial charge in [0.15, 0.2) is 0 Å². The second kappa shape index (κ2) is 5.85. The van der Waals surface area contributed by atoms with Gasteiger partial charge in [0.2, 0.25) is 0 Å². The summed E-state index contributed by atoms with van der Waals surface area (Å²) in [7, 11) is 2.06. The Morgan fingerprint density at radius 3 is 2.87 bits per heavy atom. The summed E-state index contributed by atoms with van der Waals surface area (Å²) in [6, 6.07) is 5.18. The number of hydrogen-bond acceptors (Lipinski definition) is 3. The molecule has 1 aromatic heterocycles. The Labute approximate surface area is 102 Å². The van der Waals surface area contributed by atoms with Gasteiger partial charge in [-0.2, -0.15) is 0 Å². The van der Waals surface area contributed by atoms with Crippen LogP contribution in [0.5, 0.6) is 0 Å². The molecular weight excluding hydrogens is 228 g/mol. The summed E-state index contributed by atoms with van der Waals surface area (Å²) in [5.41, 5.74) is 0. The van der Waals surface area contributed by atoms with Crippen LogP contribution >= 0.6 is 23.7 Å². The van der Waals surface area contributed by atoms with Crippen molar-refractivity contribution in [2.45, 2.75) is 25.9 Å². The molecule has 86 valence electrons. The Morgan fingerprint density at radius 2 is 2.33 bits per heavy atom. The molecule has 2 nitrogen and oxygen atoms in total. The zero-order chi connectivity index (χ0) is 9.97. The molecule has 0 radical (unpaired) electrons. The van der Waals surface area contributed by atoms with Crippen molar-refractivity contribution in [1.82, 2.24) is 10.2 Å². The lowest BCUT2D eigenvalue weighted by Gasteiger charge is -2.14. The molecule has 1 aliphatic rings. The standard InChI is InChI=1S/C11H18N2S.ClH/c1-9-3-4-11(14-9)8-13-6-5-10(7-13)12-2;/h3-4,10,12H,5-8H2,1-2H3;1H. The number of hydrogen-bond donors (Lipinski definition) is 1. The Bertz CT molecular complexity index is 301. The van der Waals surface area contributed by atoms with Crippen LogP contribution < -0.4 is 5.32 Å². The van der Waals surface area contributed by atoms with E-state index in [1.165, 1.54) is 29.3 Å². The summed E-state index contributed by atoms with van der Waals surface area (Å²) >= 11 is 1.92. The van der Waals surface area contributed by atoms with E-state index in [0.717, 1.165) is 6.54 Å². The fourth-order valence-electron chi connectivity index (χ4n) is 2.00. The van der Waals surface area contributed by atoms with Crippen molar-refractivity contribution in [2.24, 2.45) is 0 Å². The maximum atomic E-state index is 3.35. The number of likely N-dealkylation sites (N-methyl/N-ethyl adjacent to an activating group) is 1. The highest BCUT2D eigenvalue weighted by atomic mass is 35.5. The van der Waals surface area contributed by atoms with Crippen molar-refractivity contribution in [3.05, 3.63) is 21.9 Å². The summed E-state index contributed by atoms with van der Waals surface area (Å²) < 4.78 is 0. The average molecular weight is 247 g/mol. The Balaban J connectivity index is 0.00000112. The summed E-state index contributed by atoms with van der Waals surface area (Å²) in [5, 5.41) is 3.35. The van der Waals surface area contributed by atoms with E-state index in [0.29, 0.717) is 6.04 Å². The first kappa shape index (κ1) is 13.0. The first-order valence-electron chi connectivity index (χ1n) is 5.23. The second-order valence-electron chi connectivity index (χ2n) is 4.02. The Kier molecular flexibility index (Phi) is 5.06. The van der Waals surface area contributed by atoms with Crippen LogP contribution in [0.25, 0.3) is 0 Å². The molecule has 0 saturated carbocycles. The van der Waals surface area contributed by atoms with E-state index in [9.17, 15) is 0 Å². The van der Waals surface area contributed by atoms with Gasteiger partial charge < -0.3 is 5.32 Å². The van der Waals surface area contributed by atoms with Crippen LogP contribution in [-0.4, -0.2) is 31.1 Å². The van der Waals surface area contributed by atoms with Gasteiger partial charge in [-0.1, -0.05) is 0 Å². The maximum Gasteiger partial charge on any atom is 0.0328 e. The minimum atomic E-state index is 0. The summed E-state index contributed by atoms with van der Waals surface area (Å²) in [5.74, 6) is 0. The van der Waals surface area contributed by atoms with Crippen LogP contribution in [0.2, 0.25) is 0 Å². The highest BCUT2D eigenvalue weighted by molar-refractivity contribution is 7.11. The molecule has 0 aliphatic carbocycles. The van der Waals surface area contributed by atoms with Crippen LogP contribution in [0.4, 0.5) is 0 Å². The van der Waals surface area contributed by atoms with Crippen LogP contribution in [0.3, 0.4) is 0 Å². The molecule has 0 aromatic carbocycles. The molecule has 1 fully saturated rings. The quantitative estimate of drug-likeness (QED) is 0.881. The highest BCUT2D eigenvalue weighted by Gasteiger charge is 2.20. The van der Waals surface area contributed by atoms with Crippen molar-refractivity contribution < 1.29 is 0 Å². The fourth-order valence-corrected chi connectivity index (χ4v) is 2.94. The number of likely N-dealkylation sites (tertiary alicyclic amines) is 1. The van der Waals surface area contributed by atoms with Gasteiger partial charge in [0.05, 0.1) is 0 Å². The molecule has 1 aromatic rings. The molecule has 1 atom stereocenters. The predicted octanol–water partition coefficient (Wildman–Crippen LogP) is 2.27. The third-order valence-electron chi connectivity index (χ3n) is 2.86. The first-order valence-corrected chi connectivity index (χ1v) is 6.04. The number of halogens is 1. The van der Waals surface area contributed by atoms with Gasteiger partial charge in [0.1, 0.15) is 0 Å². The van der Waals surface area contributed by atoms with Crippen molar-refractivity contribution in [2.75, 3.05) is 20.1 Å². The van der Waals surface area contributed by atoms with E-state index in [2.05, 4.69) is 36.3 Å². The molecule has 4 heteroatoms. The fraction of sp³-hybridized carbons (Fsp3) is 0.636. The predicted molar refractivity (Wildman–Crippen MR) is 69.0 cm³/mol. The summed E-state index contributed by atoms with van der Waals surface area (Å²) in [4.78, 5) is 5.45. The lowest BCUT2D eigenvalue weighted by Crippen LogP contribution is -2.29. The van der Waals surface area contributed by atoms with E-state index in [1.807, 2.05) is 11.3 Å². The number of thiophene rings is 1. The molecule has 2 heterocycles. The van der Waals surface area contributed by atoms with Crippen molar-refractivity contribution in [3.8, 4) is 0 Å². The van der Waals surface area contributed by atoms with Gasteiger partial charge >= 0.3 is 0 Å². The maximum absolute atomic E-state index is 3.35. The monoisotopic (exact) mass is 246 g/mol. The minimum absolute atomic E-state index is 0. The third-order valence-corrected chi connectivity index (χ3v) is 3.84. The molecular formula is C11H19ClN2S. The van der Waals surface area contributed by atoms with Gasteiger partial charge in [-0.3, -0.25) is 4.90 Å². The first-order chi connectivity index (χ1) is 6.78. The van der Waals surface area contributed by atoms with Gasteiger partial charge in [-0.05, 0) is 32.5 Å². The van der Waals surface area contributed by atoms with Gasteiger partial charge in [0.25, 0.3) is 0 Å². The van der Waals surface area contributed by atoms with Gasteiger partial charge in [-0.15, -0.1) is 23.7 Å². The number of nitrogens with zero attached hydrogens (tertiary/aromatic N) is 1. The average Bonchev–Trinajstić information content (AvgIpc) is 2.76. The second-order valence-corrected chi connectivity index (χ2v) is 5.39. The van der Waals surface area contributed by atoms with Crippen molar-refractivity contribution >= 4 is 23.7 Å². The van der Waals surface area contributed by atoms with Crippen LogP contribution in [0.15, 0.2) is 12.1 Å². The van der Waals surface area contributed by atoms with Gasteiger partial charge in [-0.25, -0.2) is 0 Å². The smallest absolute Gasteiger partial charge is 0.0328 e. The van der Waals surface area contributed by atoms with E-state index in [4.69, 9.17) is 0 Å². The summed E-state index contributed by atoms with van der Waals surface area (Å²) in [6.07, 6.45) is 1.29. The van der Waals surface area contributed by atoms with Crippen molar-refractivity contribution in [3.63, 3.8) is 0 Å². The lowest BCUT2D eigenvalue weighted by atomic mass is 10.3. The molecule has 1 saturated heterocycles. The molecule has 1 aliphatic heterocycles. The minimum Gasteiger partial charge on any atom is -0.316 e. The molecule has 0 spiro atoms. The lowest BCUT2D eigenvalue weighted by molar-refractivity contribution is 0.325.